The molecule has 0 spiro atoms. The summed E-state index contributed by atoms with van der Waals surface area (Å²) in [7, 11) is 3.96. The first-order valence-corrected chi connectivity index (χ1v) is 15.2. The number of carbonyl (C=O) groups excluding carboxylic acids is 2. The van der Waals surface area contributed by atoms with E-state index in [0.29, 0.717) is 24.0 Å². The molecule has 2 aromatic heterocycles. The highest BCUT2D eigenvalue weighted by atomic mass is 16.1. The number of hydrogen-bond donors (Lipinski definition) is 3. The Hall–Kier alpha value is -4.50. The number of aromatic amines is 1. The van der Waals surface area contributed by atoms with Gasteiger partial charge < -0.3 is 25.1 Å². The summed E-state index contributed by atoms with van der Waals surface area (Å²) in [5.74, 6) is 0.709. The minimum atomic E-state index is -0.0586. The van der Waals surface area contributed by atoms with Gasteiger partial charge >= 0.3 is 0 Å². The number of aliphatic imine (C=N–C) groups is 1. The van der Waals surface area contributed by atoms with Crippen molar-refractivity contribution in [2.24, 2.45) is 4.99 Å². The standard InChI is InChI=1S/C34H39N7O2/c1-4-41-31-10-6-5-9-25(31)26-18-22(11-13-32(26)41)34-38-29-19-27(35-2)28(20-30(29)39-34)37-23(21-42)12-14-33(43)36-16-15-24-8-7-17-40(24)3/h5-6,9-11,13,18-21,24,35H,4,7-8,12,14-17H2,1-3H3,(H,36,43)(H,38,39). The molecule has 1 aliphatic heterocycles. The summed E-state index contributed by atoms with van der Waals surface area (Å²) in [5.41, 5.74) is 6.77. The molecule has 1 amide bonds. The molecule has 222 valence electrons. The van der Waals surface area contributed by atoms with Crippen LogP contribution in [0.3, 0.4) is 0 Å². The number of hydrogen-bond acceptors (Lipinski definition) is 6. The highest BCUT2D eigenvalue weighted by Gasteiger charge is 2.20. The number of nitrogens with zero attached hydrogens (tertiary/aromatic N) is 4. The zero-order valence-electron chi connectivity index (χ0n) is 25.1. The van der Waals surface area contributed by atoms with Crippen LogP contribution in [0.2, 0.25) is 0 Å². The number of para-hydroxylation sites is 1. The van der Waals surface area contributed by atoms with Gasteiger partial charge in [-0.1, -0.05) is 18.2 Å². The van der Waals surface area contributed by atoms with Gasteiger partial charge in [0.25, 0.3) is 0 Å². The Morgan fingerprint density at radius 3 is 2.72 bits per heavy atom. The van der Waals surface area contributed by atoms with E-state index in [0.717, 1.165) is 53.9 Å². The largest absolute Gasteiger partial charge is 0.386 e. The maximum Gasteiger partial charge on any atom is 0.220 e. The van der Waals surface area contributed by atoms with Crippen molar-refractivity contribution in [1.82, 2.24) is 24.8 Å². The number of amides is 1. The third kappa shape index (κ3) is 5.77. The molecule has 0 aliphatic carbocycles. The van der Waals surface area contributed by atoms with Gasteiger partial charge in [-0.2, -0.15) is 0 Å². The minimum absolute atomic E-state index is 0.0586. The zero-order chi connectivity index (χ0) is 29.9. The van der Waals surface area contributed by atoms with Crippen molar-refractivity contribution in [3.63, 3.8) is 0 Å². The van der Waals surface area contributed by atoms with E-state index in [2.05, 4.69) is 86.5 Å². The van der Waals surface area contributed by atoms with E-state index in [-0.39, 0.29) is 18.7 Å². The summed E-state index contributed by atoms with van der Waals surface area (Å²) in [4.78, 5) is 39.7. The molecular formula is C34H39N7O2. The molecule has 3 N–H and O–H groups in total. The molecule has 9 nitrogen and oxygen atoms in total. The van der Waals surface area contributed by atoms with Crippen LogP contribution in [-0.2, 0) is 16.1 Å². The minimum Gasteiger partial charge on any atom is -0.386 e. The Bertz CT molecular complexity index is 1830. The van der Waals surface area contributed by atoms with Gasteiger partial charge in [0, 0.05) is 66.4 Å². The van der Waals surface area contributed by atoms with Crippen molar-refractivity contribution in [1.29, 1.82) is 0 Å². The summed E-state index contributed by atoms with van der Waals surface area (Å²) >= 11 is 0. The van der Waals surface area contributed by atoms with E-state index in [9.17, 15) is 9.59 Å². The fourth-order valence-electron chi connectivity index (χ4n) is 6.36. The van der Waals surface area contributed by atoms with Gasteiger partial charge in [0.2, 0.25) is 5.91 Å². The SMILES string of the molecule is CCn1c2ccccc2c2cc(-c3nc4cc(NC)c(N=C(C=O)CCC(=O)NCCC5CCCN5C)cc4[nH]3)ccc21. The number of aryl methyl sites for hydroxylation is 1. The summed E-state index contributed by atoms with van der Waals surface area (Å²) in [6.07, 6.45) is 4.59. The smallest absolute Gasteiger partial charge is 0.220 e. The highest BCUT2D eigenvalue weighted by molar-refractivity contribution is 6.29. The van der Waals surface area contributed by atoms with E-state index >= 15 is 0 Å². The maximum atomic E-state index is 12.5. The van der Waals surface area contributed by atoms with Gasteiger partial charge in [0.1, 0.15) is 5.82 Å². The molecule has 0 radical (unpaired) electrons. The molecule has 1 saturated heterocycles. The van der Waals surface area contributed by atoms with Crippen LogP contribution in [0.15, 0.2) is 59.6 Å². The first-order valence-electron chi connectivity index (χ1n) is 15.2. The number of imidazole rings is 1. The highest BCUT2D eigenvalue weighted by Crippen LogP contribution is 2.34. The number of likely N-dealkylation sites (tertiary alicyclic amines) is 1. The maximum absolute atomic E-state index is 12.5. The van der Waals surface area contributed by atoms with Crippen LogP contribution < -0.4 is 10.6 Å². The topological polar surface area (TPSA) is 107 Å². The Morgan fingerprint density at radius 2 is 1.95 bits per heavy atom. The lowest BCUT2D eigenvalue weighted by Gasteiger charge is -2.19. The van der Waals surface area contributed by atoms with Crippen molar-refractivity contribution in [3.05, 3.63) is 54.6 Å². The molecule has 3 aromatic carbocycles. The molecule has 3 heterocycles. The van der Waals surface area contributed by atoms with Crippen molar-refractivity contribution in [3.8, 4) is 11.4 Å². The molecule has 1 fully saturated rings. The van der Waals surface area contributed by atoms with Crippen LogP contribution in [0, 0.1) is 0 Å². The van der Waals surface area contributed by atoms with Gasteiger partial charge in [-0.3, -0.25) is 9.59 Å². The lowest BCUT2D eigenvalue weighted by molar-refractivity contribution is -0.120. The van der Waals surface area contributed by atoms with Gasteiger partial charge in [-0.25, -0.2) is 9.98 Å². The van der Waals surface area contributed by atoms with Crippen LogP contribution in [-0.4, -0.2) is 70.6 Å². The fourth-order valence-corrected chi connectivity index (χ4v) is 6.36. The number of nitrogens with one attached hydrogen (secondary N) is 3. The van der Waals surface area contributed by atoms with Crippen LogP contribution in [0.4, 0.5) is 11.4 Å². The summed E-state index contributed by atoms with van der Waals surface area (Å²) in [6, 6.07) is 19.3. The van der Waals surface area contributed by atoms with Gasteiger partial charge in [-0.05, 0) is 76.2 Å². The predicted octanol–water partition coefficient (Wildman–Crippen LogP) is 6.05. The Labute approximate surface area is 251 Å². The monoisotopic (exact) mass is 577 g/mol. The lowest BCUT2D eigenvalue weighted by Crippen LogP contribution is -2.31. The number of anilines is 1. The summed E-state index contributed by atoms with van der Waals surface area (Å²) in [6.45, 7) is 4.84. The van der Waals surface area contributed by atoms with Gasteiger partial charge in [-0.15, -0.1) is 0 Å². The average molecular weight is 578 g/mol. The van der Waals surface area contributed by atoms with Crippen LogP contribution in [0.25, 0.3) is 44.2 Å². The van der Waals surface area contributed by atoms with E-state index in [1.165, 1.54) is 34.6 Å². The second-order valence-electron chi connectivity index (χ2n) is 11.4. The lowest BCUT2D eigenvalue weighted by atomic mass is 10.1. The number of rotatable bonds is 11. The number of aldehydes is 1. The Morgan fingerprint density at radius 1 is 1.12 bits per heavy atom. The molecule has 9 heteroatoms. The van der Waals surface area contributed by atoms with Crippen molar-refractivity contribution < 1.29 is 9.59 Å². The molecule has 5 aromatic rings. The molecule has 1 atom stereocenters. The Kier molecular flexibility index (Phi) is 8.24. The van der Waals surface area contributed by atoms with Gasteiger partial charge in [0.15, 0.2) is 6.29 Å². The fraction of sp³-hybridized carbons (Fsp3) is 0.353. The number of aromatic nitrogens is 3. The second kappa shape index (κ2) is 12.4. The average Bonchev–Trinajstić information content (AvgIpc) is 3.73. The van der Waals surface area contributed by atoms with Crippen LogP contribution in [0.1, 0.15) is 39.0 Å². The first-order chi connectivity index (χ1) is 21.0. The molecule has 1 aliphatic rings. The van der Waals surface area contributed by atoms with E-state index in [4.69, 9.17) is 4.98 Å². The normalized spacial score (nSPS) is 16.0. The number of benzene rings is 3. The summed E-state index contributed by atoms with van der Waals surface area (Å²) < 4.78 is 2.33. The van der Waals surface area contributed by atoms with Crippen LogP contribution >= 0.6 is 0 Å². The third-order valence-electron chi connectivity index (χ3n) is 8.71. The second-order valence-corrected chi connectivity index (χ2v) is 11.4. The molecule has 0 bridgehead atoms. The predicted molar refractivity (Wildman–Crippen MR) is 175 cm³/mol. The molecular weight excluding hydrogens is 538 g/mol. The number of carbonyl (C=O) groups is 2. The van der Waals surface area contributed by atoms with Crippen molar-refractivity contribution >= 4 is 62.1 Å². The van der Waals surface area contributed by atoms with E-state index < -0.39 is 0 Å². The van der Waals surface area contributed by atoms with E-state index in [1.54, 1.807) is 0 Å². The van der Waals surface area contributed by atoms with E-state index in [1.807, 2.05) is 19.2 Å². The molecule has 43 heavy (non-hydrogen) atoms. The summed E-state index contributed by atoms with van der Waals surface area (Å²) in [5, 5.41) is 8.60. The molecule has 0 saturated carbocycles. The van der Waals surface area contributed by atoms with Gasteiger partial charge in [0.05, 0.1) is 28.1 Å². The quantitative estimate of drug-likeness (QED) is 0.131. The van der Waals surface area contributed by atoms with Crippen molar-refractivity contribution in [2.75, 3.05) is 32.5 Å². The number of H-pyrrole nitrogens is 1. The Balaban J connectivity index is 1.21. The molecule has 6 rings (SSSR count). The van der Waals surface area contributed by atoms with Crippen molar-refractivity contribution in [2.45, 2.75) is 51.6 Å². The third-order valence-corrected chi connectivity index (χ3v) is 8.71. The van der Waals surface area contributed by atoms with Crippen LogP contribution in [0.5, 0.6) is 0 Å². The molecule has 1 unspecified atom stereocenters. The first kappa shape index (κ1) is 28.6. The zero-order valence-corrected chi connectivity index (χ0v) is 25.1. The number of fused-ring (bicyclic) bond motifs is 4.